The van der Waals surface area contributed by atoms with Gasteiger partial charge in [0.25, 0.3) is 11.8 Å². The van der Waals surface area contributed by atoms with Gasteiger partial charge < -0.3 is 20.3 Å². The number of nitrogens with zero attached hydrogens (tertiary/aromatic N) is 3. The quantitative estimate of drug-likeness (QED) is 0.503. The second-order valence-corrected chi connectivity index (χ2v) is 9.70. The van der Waals surface area contributed by atoms with Crippen LogP contribution in [0.1, 0.15) is 22.3 Å². The highest BCUT2D eigenvalue weighted by Gasteiger charge is 2.37. The fourth-order valence-corrected chi connectivity index (χ4v) is 6.03. The number of ether oxygens (including phenoxy) is 1. The largest absolute Gasteiger partial charge is 0.491 e. The van der Waals surface area contributed by atoms with Crippen LogP contribution in [0.15, 0.2) is 24.3 Å². The standard InChI is InChI=1S/C25H18ClFN4O3S/c1-2-19(32)30-7-8-31-13(12-30)6-9-34-23-15(25(31)33)10-17(27)21(22(23)26)14-4-3-5-18-20(14)16(11-28)24(29)35-18/h1,3-5,10,13H,6-9,12,29H2/t13-/m0/s1. The zero-order valence-corrected chi connectivity index (χ0v) is 19.9. The summed E-state index contributed by atoms with van der Waals surface area (Å²) < 4.78 is 22.3. The van der Waals surface area contributed by atoms with Crippen molar-refractivity contribution < 1.29 is 18.7 Å². The lowest BCUT2D eigenvalue weighted by Crippen LogP contribution is -2.57. The first kappa shape index (κ1) is 23.0. The number of nitriles is 1. The van der Waals surface area contributed by atoms with E-state index in [1.165, 1.54) is 16.2 Å². The first-order chi connectivity index (χ1) is 16.8. The molecule has 0 spiro atoms. The molecule has 2 amide bonds. The van der Waals surface area contributed by atoms with Crippen LogP contribution >= 0.6 is 22.9 Å². The molecule has 2 N–H and O–H groups in total. The van der Waals surface area contributed by atoms with Crippen LogP contribution in [0.3, 0.4) is 0 Å². The van der Waals surface area contributed by atoms with Gasteiger partial charge in [0.15, 0.2) is 5.75 Å². The number of terminal acetylenes is 1. The molecule has 0 bridgehead atoms. The van der Waals surface area contributed by atoms with Crippen LogP contribution in [0.5, 0.6) is 5.75 Å². The SMILES string of the molecule is C#CC(=O)N1CCN2C(=O)c3cc(F)c(-c4cccc5sc(N)c(C#N)c45)c(Cl)c3OCC[C@H]2C1. The van der Waals surface area contributed by atoms with E-state index in [1.54, 1.807) is 23.1 Å². The molecule has 1 fully saturated rings. The summed E-state index contributed by atoms with van der Waals surface area (Å²) in [7, 11) is 0. The molecule has 1 aromatic heterocycles. The highest BCUT2D eigenvalue weighted by Crippen LogP contribution is 2.46. The molecule has 0 radical (unpaired) electrons. The number of hydrogen-bond acceptors (Lipinski definition) is 6. The number of halogens is 2. The Labute approximate surface area is 209 Å². The number of anilines is 1. The van der Waals surface area contributed by atoms with Crippen LogP contribution in [0.2, 0.25) is 5.02 Å². The molecule has 1 atom stereocenters. The van der Waals surface area contributed by atoms with Crippen molar-refractivity contribution in [1.82, 2.24) is 9.80 Å². The van der Waals surface area contributed by atoms with E-state index in [0.717, 1.165) is 10.8 Å². The van der Waals surface area contributed by atoms with E-state index in [1.807, 2.05) is 0 Å². The maximum Gasteiger partial charge on any atom is 0.298 e. The summed E-state index contributed by atoms with van der Waals surface area (Å²) in [4.78, 5) is 28.5. The first-order valence-corrected chi connectivity index (χ1v) is 12.0. The fraction of sp³-hybridized carbons (Fsp3) is 0.240. The molecule has 5 rings (SSSR count). The summed E-state index contributed by atoms with van der Waals surface area (Å²) in [5.41, 5.74) is 6.71. The normalized spacial score (nSPS) is 17.5. The van der Waals surface area contributed by atoms with Crippen molar-refractivity contribution in [3.05, 3.63) is 46.2 Å². The van der Waals surface area contributed by atoms with E-state index in [9.17, 15) is 14.9 Å². The molecule has 2 aliphatic heterocycles. The van der Waals surface area contributed by atoms with Crippen LogP contribution in [0.25, 0.3) is 21.2 Å². The average Bonchev–Trinajstić information content (AvgIpc) is 3.18. The topological polar surface area (TPSA) is 99.7 Å². The summed E-state index contributed by atoms with van der Waals surface area (Å²) >= 11 is 7.93. The lowest BCUT2D eigenvalue weighted by atomic mass is 9.96. The summed E-state index contributed by atoms with van der Waals surface area (Å²) in [6.07, 6.45) is 5.68. The van der Waals surface area contributed by atoms with E-state index in [2.05, 4.69) is 12.0 Å². The maximum atomic E-state index is 15.6. The Kier molecular flexibility index (Phi) is 5.76. The van der Waals surface area contributed by atoms with Gasteiger partial charge in [-0.05, 0) is 23.6 Å². The monoisotopic (exact) mass is 508 g/mol. The van der Waals surface area contributed by atoms with Crippen molar-refractivity contribution in [3.63, 3.8) is 0 Å². The molecule has 0 unspecified atom stereocenters. The van der Waals surface area contributed by atoms with E-state index in [-0.39, 0.29) is 59.7 Å². The Bertz CT molecular complexity index is 1490. The summed E-state index contributed by atoms with van der Waals surface area (Å²) in [5.74, 6) is 0.613. The Balaban J connectivity index is 1.61. The third-order valence-electron chi connectivity index (χ3n) is 6.38. The molecule has 0 aliphatic carbocycles. The highest BCUT2D eigenvalue weighted by molar-refractivity contribution is 7.23. The summed E-state index contributed by atoms with van der Waals surface area (Å²) in [6, 6.07) is 8.09. The van der Waals surface area contributed by atoms with Crippen molar-refractivity contribution in [3.8, 4) is 35.3 Å². The average molecular weight is 509 g/mol. The van der Waals surface area contributed by atoms with Gasteiger partial charge in [0.05, 0.1) is 28.8 Å². The predicted octanol–water partition coefficient (Wildman–Crippen LogP) is 3.88. The molecule has 0 saturated carbocycles. The van der Waals surface area contributed by atoms with E-state index in [0.29, 0.717) is 22.4 Å². The van der Waals surface area contributed by atoms with Gasteiger partial charge in [-0.1, -0.05) is 23.7 Å². The van der Waals surface area contributed by atoms with Gasteiger partial charge in [0, 0.05) is 41.7 Å². The number of nitrogen functional groups attached to an aromatic ring is 1. The van der Waals surface area contributed by atoms with Gasteiger partial charge in [0.2, 0.25) is 0 Å². The van der Waals surface area contributed by atoms with Crippen molar-refractivity contribution >= 4 is 49.8 Å². The number of carbonyl (C=O) groups is 2. The molecule has 3 aromatic rings. The number of amides is 2. The fourth-order valence-electron chi connectivity index (χ4n) is 4.73. The Hall–Kier alpha value is -3.79. The number of thiophene rings is 1. The van der Waals surface area contributed by atoms with Crippen molar-refractivity contribution in [2.75, 3.05) is 32.0 Å². The molecule has 35 heavy (non-hydrogen) atoms. The van der Waals surface area contributed by atoms with Crippen LogP contribution < -0.4 is 10.5 Å². The van der Waals surface area contributed by atoms with Gasteiger partial charge in [-0.25, -0.2) is 4.39 Å². The molecule has 176 valence electrons. The van der Waals surface area contributed by atoms with Crippen LogP contribution in [0.4, 0.5) is 9.39 Å². The Morgan fingerprint density at radius 1 is 1.34 bits per heavy atom. The number of benzene rings is 2. The summed E-state index contributed by atoms with van der Waals surface area (Å²) in [5, 5.41) is 10.4. The third-order valence-corrected chi connectivity index (χ3v) is 7.72. The molecular weight excluding hydrogens is 491 g/mol. The lowest BCUT2D eigenvalue weighted by Gasteiger charge is -2.42. The smallest absolute Gasteiger partial charge is 0.298 e. The number of rotatable bonds is 1. The number of nitrogens with two attached hydrogens (primary N) is 1. The van der Waals surface area contributed by atoms with Crippen molar-refractivity contribution in [1.29, 1.82) is 5.26 Å². The Morgan fingerprint density at radius 2 is 2.14 bits per heavy atom. The van der Waals surface area contributed by atoms with Gasteiger partial charge in [-0.15, -0.1) is 17.8 Å². The molecule has 10 heteroatoms. The van der Waals surface area contributed by atoms with Gasteiger partial charge in [-0.3, -0.25) is 9.59 Å². The minimum atomic E-state index is -0.717. The van der Waals surface area contributed by atoms with Crippen LogP contribution in [0, 0.1) is 29.5 Å². The molecule has 3 heterocycles. The number of hydrogen-bond donors (Lipinski definition) is 1. The maximum absolute atomic E-state index is 15.6. The second-order valence-electron chi connectivity index (χ2n) is 8.24. The van der Waals surface area contributed by atoms with Gasteiger partial charge in [-0.2, -0.15) is 5.26 Å². The van der Waals surface area contributed by atoms with Crippen LogP contribution in [-0.2, 0) is 4.79 Å². The first-order valence-electron chi connectivity index (χ1n) is 10.8. The minimum absolute atomic E-state index is 0.00944. The van der Waals surface area contributed by atoms with E-state index in [4.69, 9.17) is 28.5 Å². The number of fused-ring (bicyclic) bond motifs is 3. The second kappa shape index (κ2) is 8.77. The van der Waals surface area contributed by atoms with Crippen LogP contribution in [-0.4, -0.2) is 53.9 Å². The molecular formula is C25H18ClFN4O3S. The number of carbonyl (C=O) groups excluding carboxylic acids is 2. The lowest BCUT2D eigenvalue weighted by molar-refractivity contribution is -0.127. The van der Waals surface area contributed by atoms with Crippen molar-refractivity contribution in [2.45, 2.75) is 12.5 Å². The third kappa shape index (κ3) is 3.65. The number of piperazine rings is 1. The molecule has 7 nitrogen and oxygen atoms in total. The van der Waals surface area contributed by atoms with E-state index < -0.39 is 17.6 Å². The molecule has 1 saturated heterocycles. The summed E-state index contributed by atoms with van der Waals surface area (Å²) in [6.45, 7) is 1.02. The predicted molar refractivity (Wildman–Crippen MR) is 132 cm³/mol. The zero-order chi connectivity index (χ0) is 24.9. The van der Waals surface area contributed by atoms with Gasteiger partial charge >= 0.3 is 0 Å². The zero-order valence-electron chi connectivity index (χ0n) is 18.3. The molecule has 2 aliphatic rings. The highest BCUT2D eigenvalue weighted by atomic mass is 35.5. The Morgan fingerprint density at radius 3 is 2.89 bits per heavy atom. The minimum Gasteiger partial charge on any atom is -0.491 e. The van der Waals surface area contributed by atoms with Gasteiger partial charge in [0.1, 0.15) is 16.9 Å². The molecule has 2 aromatic carbocycles. The van der Waals surface area contributed by atoms with Crippen molar-refractivity contribution in [2.24, 2.45) is 0 Å². The van der Waals surface area contributed by atoms with E-state index >= 15 is 4.39 Å².